The van der Waals surface area contributed by atoms with Gasteiger partial charge >= 0.3 is 0 Å². The van der Waals surface area contributed by atoms with Gasteiger partial charge in [-0.05, 0) is 17.0 Å². The molecule has 0 saturated carbocycles. The smallest absolute Gasteiger partial charge is 0.259 e. The minimum absolute atomic E-state index is 0.0898. The largest absolute Gasteiger partial charge is 0.347 e. The molecule has 0 atom stereocenters. The first-order valence-corrected chi connectivity index (χ1v) is 7.28. The molecule has 1 aromatic carbocycles. The van der Waals surface area contributed by atoms with Gasteiger partial charge in [-0.2, -0.15) is 5.10 Å². The van der Waals surface area contributed by atoms with Gasteiger partial charge in [-0.25, -0.2) is 5.43 Å². The Hall–Kier alpha value is -2.47. The monoisotopic (exact) mass is 301 g/mol. The zero-order valence-corrected chi connectivity index (χ0v) is 12.1. The lowest BCUT2D eigenvalue weighted by molar-refractivity contribution is -0.125. The predicted octanol–water partition coefficient (Wildman–Crippen LogP) is 1.56. The van der Waals surface area contributed by atoms with Crippen LogP contribution in [0, 0.1) is 0 Å². The number of hydrogen-bond acceptors (Lipinski definition) is 4. The lowest BCUT2D eigenvalue weighted by Crippen LogP contribution is -2.35. The number of rotatable bonds is 6. The summed E-state index contributed by atoms with van der Waals surface area (Å²) in [6.07, 6.45) is 1.82. The van der Waals surface area contributed by atoms with Crippen LogP contribution in [0.2, 0.25) is 0 Å². The van der Waals surface area contributed by atoms with Crippen molar-refractivity contribution in [2.24, 2.45) is 5.10 Å². The van der Waals surface area contributed by atoms with Crippen LogP contribution in [0.1, 0.15) is 10.4 Å². The Bertz CT molecular complexity index is 609. The number of amides is 2. The SMILES string of the molecule is O=C(Cc1ccccc1)NCC(=O)N/N=C/c1cccs1. The van der Waals surface area contributed by atoms with E-state index in [1.807, 2.05) is 47.8 Å². The summed E-state index contributed by atoms with van der Waals surface area (Å²) >= 11 is 1.52. The Labute approximate surface area is 126 Å². The van der Waals surface area contributed by atoms with Crippen LogP contribution in [0.4, 0.5) is 0 Å². The van der Waals surface area contributed by atoms with Crippen molar-refractivity contribution in [3.05, 3.63) is 58.3 Å². The Kier molecular flexibility index (Phi) is 5.66. The molecule has 0 saturated heterocycles. The molecule has 2 rings (SSSR count). The van der Waals surface area contributed by atoms with E-state index in [9.17, 15) is 9.59 Å². The number of hydrogen-bond donors (Lipinski definition) is 2. The van der Waals surface area contributed by atoms with Crippen molar-refractivity contribution in [2.45, 2.75) is 6.42 Å². The third-order valence-corrected chi connectivity index (χ3v) is 3.38. The highest BCUT2D eigenvalue weighted by atomic mass is 32.1. The molecular weight excluding hydrogens is 286 g/mol. The van der Waals surface area contributed by atoms with Gasteiger partial charge in [0.1, 0.15) is 0 Å². The molecule has 0 spiro atoms. The molecule has 0 fully saturated rings. The van der Waals surface area contributed by atoms with Crippen LogP contribution >= 0.6 is 11.3 Å². The third-order valence-electron chi connectivity index (χ3n) is 2.58. The molecule has 2 aromatic rings. The second kappa shape index (κ2) is 7.96. The van der Waals surface area contributed by atoms with Crippen molar-refractivity contribution >= 4 is 29.4 Å². The molecule has 0 aliphatic carbocycles. The summed E-state index contributed by atoms with van der Waals surface area (Å²) in [6.45, 7) is -0.0898. The summed E-state index contributed by atoms with van der Waals surface area (Å²) in [5.74, 6) is -0.553. The van der Waals surface area contributed by atoms with Gasteiger partial charge in [-0.3, -0.25) is 9.59 Å². The maximum absolute atomic E-state index is 11.6. The molecule has 5 nitrogen and oxygen atoms in total. The lowest BCUT2D eigenvalue weighted by atomic mass is 10.1. The minimum atomic E-state index is -0.357. The van der Waals surface area contributed by atoms with Gasteiger partial charge in [0.05, 0.1) is 19.2 Å². The van der Waals surface area contributed by atoms with Crippen LogP contribution < -0.4 is 10.7 Å². The van der Waals surface area contributed by atoms with E-state index in [2.05, 4.69) is 15.8 Å². The average Bonchev–Trinajstić information content (AvgIpc) is 2.99. The zero-order chi connectivity index (χ0) is 14.9. The van der Waals surface area contributed by atoms with Crippen LogP contribution in [0.25, 0.3) is 0 Å². The number of nitrogens with zero attached hydrogens (tertiary/aromatic N) is 1. The van der Waals surface area contributed by atoms with E-state index < -0.39 is 0 Å². The first kappa shape index (κ1) is 14.9. The van der Waals surface area contributed by atoms with Crippen LogP contribution in [-0.4, -0.2) is 24.6 Å². The van der Waals surface area contributed by atoms with Gasteiger partial charge < -0.3 is 5.32 Å². The lowest BCUT2D eigenvalue weighted by Gasteiger charge is -2.04. The first-order valence-electron chi connectivity index (χ1n) is 6.40. The number of nitrogens with one attached hydrogen (secondary N) is 2. The second-order valence-corrected chi connectivity index (χ2v) is 5.23. The van der Waals surface area contributed by atoms with E-state index in [4.69, 9.17) is 0 Å². The molecule has 2 amide bonds. The predicted molar refractivity (Wildman–Crippen MR) is 83.2 cm³/mol. The van der Waals surface area contributed by atoms with Gasteiger partial charge in [0.25, 0.3) is 5.91 Å². The van der Waals surface area contributed by atoms with Crippen LogP contribution in [-0.2, 0) is 16.0 Å². The van der Waals surface area contributed by atoms with E-state index in [1.165, 1.54) is 11.3 Å². The maximum Gasteiger partial charge on any atom is 0.259 e. The summed E-state index contributed by atoms with van der Waals surface area (Å²) in [6, 6.07) is 13.2. The Morgan fingerprint density at radius 3 is 2.62 bits per heavy atom. The van der Waals surface area contributed by atoms with Gasteiger partial charge in [-0.1, -0.05) is 36.4 Å². The number of hydrazone groups is 1. The second-order valence-electron chi connectivity index (χ2n) is 4.25. The topological polar surface area (TPSA) is 70.6 Å². The maximum atomic E-state index is 11.6. The molecule has 1 heterocycles. The first-order chi connectivity index (χ1) is 10.2. The fourth-order valence-electron chi connectivity index (χ4n) is 1.59. The summed E-state index contributed by atoms with van der Waals surface area (Å²) < 4.78 is 0. The van der Waals surface area contributed by atoms with Crippen molar-refractivity contribution in [3.63, 3.8) is 0 Å². The van der Waals surface area contributed by atoms with E-state index in [0.717, 1.165) is 10.4 Å². The molecular formula is C15H15N3O2S. The molecule has 6 heteroatoms. The highest BCUT2D eigenvalue weighted by Crippen LogP contribution is 2.04. The fraction of sp³-hybridized carbons (Fsp3) is 0.133. The van der Waals surface area contributed by atoms with E-state index in [0.29, 0.717) is 0 Å². The highest BCUT2D eigenvalue weighted by molar-refractivity contribution is 7.11. The quantitative estimate of drug-likeness (QED) is 0.628. The van der Waals surface area contributed by atoms with Crippen molar-refractivity contribution < 1.29 is 9.59 Å². The Morgan fingerprint density at radius 2 is 1.90 bits per heavy atom. The molecule has 0 aliphatic heterocycles. The van der Waals surface area contributed by atoms with Crippen molar-refractivity contribution in [3.8, 4) is 0 Å². The molecule has 0 aliphatic rings. The zero-order valence-electron chi connectivity index (χ0n) is 11.3. The van der Waals surface area contributed by atoms with Gasteiger partial charge in [-0.15, -0.1) is 11.3 Å². The molecule has 0 radical (unpaired) electrons. The molecule has 2 N–H and O–H groups in total. The number of thiophene rings is 1. The fourth-order valence-corrected chi connectivity index (χ4v) is 2.18. The number of benzene rings is 1. The molecule has 108 valence electrons. The Balaban J connectivity index is 1.68. The van der Waals surface area contributed by atoms with Crippen molar-refractivity contribution in [1.82, 2.24) is 10.7 Å². The van der Waals surface area contributed by atoms with Crippen LogP contribution in [0.3, 0.4) is 0 Å². The minimum Gasteiger partial charge on any atom is -0.347 e. The number of carbonyl (C=O) groups is 2. The highest BCUT2D eigenvalue weighted by Gasteiger charge is 2.05. The average molecular weight is 301 g/mol. The van der Waals surface area contributed by atoms with Gasteiger partial charge in [0.2, 0.25) is 5.91 Å². The molecule has 0 unspecified atom stereocenters. The van der Waals surface area contributed by atoms with Crippen molar-refractivity contribution in [1.29, 1.82) is 0 Å². The summed E-state index contributed by atoms with van der Waals surface area (Å²) in [5, 5.41) is 8.29. The summed E-state index contributed by atoms with van der Waals surface area (Å²) in [4.78, 5) is 24.1. The van der Waals surface area contributed by atoms with E-state index >= 15 is 0 Å². The standard InChI is InChI=1S/C15H15N3O2S/c19-14(9-12-5-2-1-3-6-12)16-11-15(20)18-17-10-13-7-4-8-21-13/h1-8,10H,9,11H2,(H,16,19)(H,18,20)/b17-10+. The summed E-state index contributed by atoms with van der Waals surface area (Å²) in [5.41, 5.74) is 3.27. The van der Waals surface area contributed by atoms with Crippen LogP contribution in [0.5, 0.6) is 0 Å². The summed E-state index contributed by atoms with van der Waals surface area (Å²) in [7, 11) is 0. The molecule has 21 heavy (non-hydrogen) atoms. The van der Waals surface area contributed by atoms with E-state index in [-0.39, 0.29) is 24.8 Å². The molecule has 0 bridgehead atoms. The normalized spacial score (nSPS) is 10.5. The van der Waals surface area contributed by atoms with Gasteiger partial charge in [0.15, 0.2) is 0 Å². The van der Waals surface area contributed by atoms with Crippen LogP contribution in [0.15, 0.2) is 52.9 Å². The third kappa shape index (κ3) is 5.58. The number of carbonyl (C=O) groups excluding carboxylic acids is 2. The van der Waals surface area contributed by atoms with E-state index in [1.54, 1.807) is 6.21 Å². The Morgan fingerprint density at radius 1 is 1.10 bits per heavy atom. The molecule has 1 aromatic heterocycles. The van der Waals surface area contributed by atoms with Gasteiger partial charge in [0, 0.05) is 4.88 Å². The van der Waals surface area contributed by atoms with Crippen molar-refractivity contribution in [2.75, 3.05) is 6.54 Å².